The van der Waals surface area contributed by atoms with Crippen molar-refractivity contribution in [2.45, 2.75) is 6.54 Å². The van der Waals surface area contributed by atoms with Gasteiger partial charge in [-0.2, -0.15) is 5.90 Å². The molecule has 1 fully saturated rings. The summed E-state index contributed by atoms with van der Waals surface area (Å²) in [6, 6.07) is 2.31. The Bertz CT molecular complexity index is 1050. The Balaban J connectivity index is 1.67. The summed E-state index contributed by atoms with van der Waals surface area (Å²) in [5.41, 5.74) is 0.416. The first-order chi connectivity index (χ1) is 15.6. The number of nitrogens with zero attached hydrogens (tertiary/aromatic N) is 5. The number of rotatable bonds is 7. The molecule has 1 aliphatic heterocycles. The number of amides is 1. The molecule has 15 heteroatoms. The molecule has 2 heterocycles. The van der Waals surface area contributed by atoms with Crippen LogP contribution in [0, 0.1) is 11.6 Å². The number of thiocarbonyl (C=S) groups is 1. The molecule has 1 aliphatic rings. The van der Waals surface area contributed by atoms with E-state index in [4.69, 9.17) is 22.6 Å². The highest BCUT2D eigenvalue weighted by atomic mass is 32.1. The average molecular weight is 503 g/mol. The molecular weight excluding hydrogens is 479 g/mol. The minimum absolute atomic E-state index is 0.0322. The first-order valence-electron chi connectivity index (χ1n) is 9.83. The van der Waals surface area contributed by atoms with Crippen molar-refractivity contribution in [2.75, 3.05) is 51.0 Å². The van der Waals surface area contributed by atoms with Gasteiger partial charge in [-0.25, -0.2) is 13.5 Å². The summed E-state index contributed by atoms with van der Waals surface area (Å²) < 4.78 is 47.9. The van der Waals surface area contributed by atoms with Gasteiger partial charge in [0.1, 0.15) is 17.5 Å². The highest BCUT2D eigenvalue weighted by Crippen LogP contribution is 2.41. The molecule has 3 rings (SSSR count). The third-order valence-corrected chi connectivity index (χ3v) is 6.94. The van der Waals surface area contributed by atoms with Gasteiger partial charge >= 0.3 is 0 Å². The van der Waals surface area contributed by atoms with Gasteiger partial charge in [0.25, 0.3) is 5.17 Å². The summed E-state index contributed by atoms with van der Waals surface area (Å²) in [6.45, 7) is 2.50. The van der Waals surface area contributed by atoms with E-state index in [-0.39, 0.29) is 61.3 Å². The number of piperazine rings is 1. The molecule has 0 bridgehead atoms. The number of hydrogen-bond acceptors (Lipinski definition) is 9. The molecule has 1 aromatic heterocycles. The Morgan fingerprint density at radius 2 is 1.91 bits per heavy atom. The number of hydrogen-bond donors (Lipinski definition) is 2. The van der Waals surface area contributed by atoms with Crippen molar-refractivity contribution in [3.05, 3.63) is 35.7 Å². The summed E-state index contributed by atoms with van der Waals surface area (Å²) in [5.74, 6) is 3.08. The Morgan fingerprint density at radius 1 is 1.27 bits per heavy atom. The molecule has 0 radical (unpaired) electrons. The predicted molar refractivity (Wildman–Crippen MR) is 120 cm³/mol. The van der Waals surface area contributed by atoms with E-state index in [0.717, 1.165) is 12.1 Å². The van der Waals surface area contributed by atoms with Gasteiger partial charge in [-0.1, -0.05) is 5.21 Å². The van der Waals surface area contributed by atoms with Gasteiger partial charge in [-0.05, 0) is 12.2 Å². The van der Waals surface area contributed by atoms with Crippen molar-refractivity contribution >= 4 is 36.4 Å². The van der Waals surface area contributed by atoms with E-state index >= 15 is 0 Å². The number of nitrogens with one attached hydrogen (secondary N) is 1. The molecule has 1 aromatic carbocycles. The summed E-state index contributed by atoms with van der Waals surface area (Å²) in [5, 5.41) is 10.4. The van der Waals surface area contributed by atoms with E-state index in [1.165, 1.54) is 34.5 Å². The molecule has 0 aliphatic carbocycles. The van der Waals surface area contributed by atoms with E-state index in [1.54, 1.807) is 0 Å². The highest BCUT2D eigenvalue weighted by Gasteiger charge is 2.28. The monoisotopic (exact) mass is 503 g/mol. The fraction of sp³-hybridized carbons (Fsp3) is 0.444. The van der Waals surface area contributed by atoms with Gasteiger partial charge in [-0.15, -0.1) is 5.10 Å². The standard InChI is InChI=1S/C18H24F2N7O4PS/c1-30-32(2,29)11-16(28)25-3-5-26(6-4-25)17-14(19)7-13(8-15(17)20)27-10-12(23-24-27)9-22-18(33)31-21/h7-8,10H,3-6,9,11,21H2,1-2H3,(H,22,33). The van der Waals surface area contributed by atoms with Gasteiger partial charge in [0.05, 0.1) is 18.4 Å². The number of nitrogens with two attached hydrogens (primary N) is 1. The van der Waals surface area contributed by atoms with E-state index in [2.05, 4.69) is 20.5 Å². The molecule has 1 atom stereocenters. The minimum Gasteiger partial charge on any atom is -0.381 e. The third-order valence-electron chi connectivity index (χ3n) is 5.09. The van der Waals surface area contributed by atoms with Crippen molar-refractivity contribution in [1.82, 2.24) is 25.2 Å². The van der Waals surface area contributed by atoms with Crippen LogP contribution in [-0.4, -0.2) is 77.1 Å². The molecule has 0 spiro atoms. The Morgan fingerprint density at radius 3 is 2.48 bits per heavy atom. The Kier molecular flexibility index (Phi) is 7.95. The molecule has 180 valence electrons. The molecule has 0 saturated carbocycles. The maximum atomic E-state index is 14.9. The molecule has 3 N–H and O–H groups in total. The topological polar surface area (TPSA) is 128 Å². The van der Waals surface area contributed by atoms with Crippen LogP contribution in [0.15, 0.2) is 18.3 Å². The minimum atomic E-state index is -2.99. The van der Waals surface area contributed by atoms with Gasteiger partial charge in [-0.3, -0.25) is 9.36 Å². The molecule has 2 aromatic rings. The summed E-state index contributed by atoms with van der Waals surface area (Å²) >= 11 is 4.76. The first kappa shape index (κ1) is 25.0. The SMILES string of the molecule is COP(C)(=O)CC(=O)N1CCN(c2c(F)cc(-n3cc(CNC(=S)ON)nn3)cc2F)CC1. The number of carbonyl (C=O) groups excluding carboxylic acids is 1. The molecule has 1 saturated heterocycles. The zero-order valence-electron chi connectivity index (χ0n) is 18.0. The Hall–Kier alpha value is -2.67. The number of benzene rings is 1. The van der Waals surface area contributed by atoms with Gasteiger partial charge < -0.3 is 24.5 Å². The van der Waals surface area contributed by atoms with Crippen molar-refractivity contribution in [2.24, 2.45) is 5.90 Å². The molecule has 33 heavy (non-hydrogen) atoms. The maximum Gasteiger partial charge on any atom is 0.278 e. The summed E-state index contributed by atoms with van der Waals surface area (Å²) in [6.07, 6.45) is 1.28. The predicted octanol–water partition coefficient (Wildman–Crippen LogP) is 1.01. The zero-order chi connectivity index (χ0) is 24.2. The van der Waals surface area contributed by atoms with Gasteiger partial charge in [0.2, 0.25) is 13.3 Å². The number of anilines is 1. The lowest BCUT2D eigenvalue weighted by Gasteiger charge is -2.36. The van der Waals surface area contributed by atoms with Crippen molar-refractivity contribution < 1.29 is 27.5 Å². The smallest absolute Gasteiger partial charge is 0.278 e. The van der Waals surface area contributed by atoms with Crippen LogP contribution in [0.5, 0.6) is 0 Å². The molecule has 1 unspecified atom stereocenters. The van der Waals surface area contributed by atoms with E-state index in [9.17, 15) is 18.1 Å². The fourth-order valence-electron chi connectivity index (χ4n) is 3.29. The quantitative estimate of drug-likeness (QED) is 0.321. The van der Waals surface area contributed by atoms with Crippen LogP contribution in [0.4, 0.5) is 14.5 Å². The second-order valence-electron chi connectivity index (χ2n) is 7.39. The first-order valence-corrected chi connectivity index (χ1v) is 12.5. The molecule has 1 amide bonds. The Labute approximate surface area is 194 Å². The van der Waals surface area contributed by atoms with Gasteiger partial charge in [0, 0.05) is 52.1 Å². The van der Waals surface area contributed by atoms with Crippen LogP contribution < -0.4 is 16.1 Å². The summed E-state index contributed by atoms with van der Waals surface area (Å²) in [7, 11) is -1.69. The average Bonchev–Trinajstić information content (AvgIpc) is 3.26. The van der Waals surface area contributed by atoms with Crippen LogP contribution in [0.2, 0.25) is 0 Å². The maximum absolute atomic E-state index is 14.9. The van der Waals surface area contributed by atoms with Crippen molar-refractivity contribution in [3.63, 3.8) is 0 Å². The number of halogens is 2. The highest BCUT2D eigenvalue weighted by molar-refractivity contribution is 7.80. The second-order valence-corrected chi connectivity index (χ2v) is 10.5. The molecular formula is C18H24F2N7O4PS. The van der Waals surface area contributed by atoms with Crippen molar-refractivity contribution in [1.29, 1.82) is 0 Å². The largest absolute Gasteiger partial charge is 0.381 e. The van der Waals surface area contributed by atoms with Crippen LogP contribution in [-0.2, 0) is 25.3 Å². The van der Waals surface area contributed by atoms with Crippen LogP contribution in [0.25, 0.3) is 5.69 Å². The van der Waals surface area contributed by atoms with Crippen LogP contribution in [0.3, 0.4) is 0 Å². The summed E-state index contributed by atoms with van der Waals surface area (Å²) in [4.78, 5) is 19.7. The lowest BCUT2D eigenvalue weighted by molar-refractivity contribution is -0.128. The van der Waals surface area contributed by atoms with Crippen LogP contribution in [0.1, 0.15) is 5.69 Å². The molecule has 11 nitrogen and oxygen atoms in total. The van der Waals surface area contributed by atoms with Crippen molar-refractivity contribution in [3.8, 4) is 5.69 Å². The number of carbonyl (C=O) groups is 1. The lowest BCUT2D eigenvalue weighted by atomic mass is 10.2. The van der Waals surface area contributed by atoms with E-state index in [1.807, 2.05) is 0 Å². The van der Waals surface area contributed by atoms with Crippen LogP contribution >= 0.6 is 19.6 Å². The zero-order valence-corrected chi connectivity index (χ0v) is 19.7. The lowest BCUT2D eigenvalue weighted by Crippen LogP contribution is -2.50. The fourth-order valence-corrected chi connectivity index (χ4v) is 4.18. The van der Waals surface area contributed by atoms with E-state index < -0.39 is 19.0 Å². The van der Waals surface area contributed by atoms with E-state index in [0.29, 0.717) is 5.69 Å². The third kappa shape index (κ3) is 6.22. The van der Waals surface area contributed by atoms with Gasteiger partial charge in [0.15, 0.2) is 11.6 Å². The normalized spacial score (nSPS) is 15.8. The number of aromatic nitrogens is 3. The second kappa shape index (κ2) is 10.5.